The van der Waals surface area contributed by atoms with Gasteiger partial charge in [-0.15, -0.1) is 0 Å². The summed E-state index contributed by atoms with van der Waals surface area (Å²) in [4.78, 5) is 14.7. The number of nitrogens with one attached hydrogen (secondary N) is 1. The molecule has 0 saturated carbocycles. The lowest BCUT2D eigenvalue weighted by molar-refractivity contribution is 0.0951. The van der Waals surface area contributed by atoms with E-state index in [2.05, 4.69) is 63.8 Å². The second-order valence-electron chi connectivity index (χ2n) is 7.20. The molecule has 0 atom stereocenters. The molecule has 1 aliphatic rings. The van der Waals surface area contributed by atoms with E-state index in [1.54, 1.807) is 7.05 Å². The molecule has 0 unspecified atom stereocenters. The zero-order chi connectivity index (χ0) is 19.5. The number of fused-ring (bicyclic) bond motifs is 1. The van der Waals surface area contributed by atoms with Crippen LogP contribution in [0.15, 0.2) is 54.7 Å². The molecule has 1 aromatic heterocycles. The van der Waals surface area contributed by atoms with E-state index in [9.17, 15) is 4.79 Å². The van der Waals surface area contributed by atoms with Gasteiger partial charge in [0.1, 0.15) is 5.15 Å². The van der Waals surface area contributed by atoms with Crippen LogP contribution in [0, 0.1) is 0 Å². The van der Waals surface area contributed by atoms with Crippen molar-refractivity contribution in [2.45, 2.75) is 26.1 Å². The minimum Gasteiger partial charge on any atom is -0.348 e. The Labute approximate surface area is 169 Å². The number of nitrogens with zero attached hydrogens (tertiary/aromatic N) is 3. The molecule has 0 radical (unpaired) electrons. The summed E-state index contributed by atoms with van der Waals surface area (Å²) in [5.74, 6) is -0.214. The normalized spacial score (nSPS) is 13.9. The van der Waals surface area contributed by atoms with E-state index < -0.39 is 0 Å². The molecule has 0 aliphatic carbocycles. The Balaban J connectivity index is 1.32. The summed E-state index contributed by atoms with van der Waals surface area (Å²) in [5, 5.41) is 7.23. The van der Waals surface area contributed by atoms with Crippen molar-refractivity contribution in [2.75, 3.05) is 6.54 Å². The van der Waals surface area contributed by atoms with Gasteiger partial charge < -0.3 is 5.32 Å². The van der Waals surface area contributed by atoms with E-state index >= 15 is 0 Å². The molecule has 1 N–H and O–H groups in total. The van der Waals surface area contributed by atoms with Crippen LogP contribution in [0.25, 0.3) is 0 Å². The fourth-order valence-corrected chi connectivity index (χ4v) is 3.74. The highest BCUT2D eigenvalue weighted by molar-refractivity contribution is 6.32. The van der Waals surface area contributed by atoms with Gasteiger partial charge in [-0.1, -0.05) is 60.1 Å². The molecule has 4 rings (SSSR count). The fourth-order valence-electron chi connectivity index (χ4n) is 3.56. The van der Waals surface area contributed by atoms with E-state index in [0.29, 0.717) is 17.3 Å². The zero-order valence-electron chi connectivity index (χ0n) is 15.9. The first-order valence-corrected chi connectivity index (χ1v) is 9.80. The van der Waals surface area contributed by atoms with E-state index in [-0.39, 0.29) is 5.91 Å². The number of aromatic nitrogens is 2. The van der Waals surface area contributed by atoms with E-state index in [0.717, 1.165) is 31.6 Å². The Hall–Kier alpha value is -2.63. The molecular formula is C22H23ClN4O. The molecule has 2 aromatic carbocycles. The predicted octanol–water partition coefficient (Wildman–Crippen LogP) is 3.56. The molecule has 5 nitrogen and oxygen atoms in total. The van der Waals surface area contributed by atoms with Crippen molar-refractivity contribution in [3.05, 3.63) is 87.7 Å². The Morgan fingerprint density at radius 3 is 2.54 bits per heavy atom. The molecule has 0 bridgehead atoms. The number of benzene rings is 2. The van der Waals surface area contributed by atoms with Crippen LogP contribution in [0.4, 0.5) is 0 Å². The second kappa shape index (κ2) is 8.17. The molecule has 0 spiro atoms. The highest BCUT2D eigenvalue weighted by Crippen LogP contribution is 2.20. The van der Waals surface area contributed by atoms with Crippen LogP contribution in [0.1, 0.15) is 32.6 Å². The van der Waals surface area contributed by atoms with Gasteiger partial charge in [-0.3, -0.25) is 14.4 Å². The summed E-state index contributed by atoms with van der Waals surface area (Å²) in [7, 11) is 1.71. The monoisotopic (exact) mass is 394 g/mol. The van der Waals surface area contributed by atoms with Crippen LogP contribution >= 0.6 is 11.6 Å². The maximum atomic E-state index is 12.2. The molecule has 0 saturated heterocycles. The highest BCUT2D eigenvalue weighted by atomic mass is 35.5. The van der Waals surface area contributed by atoms with Crippen molar-refractivity contribution in [3.8, 4) is 0 Å². The van der Waals surface area contributed by atoms with Crippen LogP contribution < -0.4 is 5.32 Å². The quantitative estimate of drug-likeness (QED) is 0.719. The molecule has 3 aromatic rings. The number of carbonyl (C=O) groups excluding carboxylic acids is 1. The Bertz CT molecular complexity index is 980. The first-order chi connectivity index (χ1) is 13.6. The fraction of sp³-hybridized carbons (Fsp3) is 0.273. The van der Waals surface area contributed by atoms with Gasteiger partial charge in [-0.2, -0.15) is 5.10 Å². The van der Waals surface area contributed by atoms with Gasteiger partial charge >= 0.3 is 0 Å². The molecule has 28 heavy (non-hydrogen) atoms. The second-order valence-corrected chi connectivity index (χ2v) is 7.56. The maximum absolute atomic E-state index is 12.2. The van der Waals surface area contributed by atoms with Crippen LogP contribution in [0.2, 0.25) is 5.15 Å². The molecule has 6 heteroatoms. The molecule has 0 fully saturated rings. The number of carbonyl (C=O) groups is 1. The first-order valence-electron chi connectivity index (χ1n) is 9.43. The van der Waals surface area contributed by atoms with E-state index in [1.807, 2.05) is 0 Å². The minimum absolute atomic E-state index is 0.214. The third-order valence-corrected chi connectivity index (χ3v) is 5.65. The lowest BCUT2D eigenvalue weighted by atomic mass is 9.99. The predicted molar refractivity (Wildman–Crippen MR) is 110 cm³/mol. The van der Waals surface area contributed by atoms with Gasteiger partial charge in [0, 0.05) is 33.2 Å². The van der Waals surface area contributed by atoms with Crippen molar-refractivity contribution in [1.82, 2.24) is 20.0 Å². The molecular weight excluding hydrogens is 372 g/mol. The van der Waals surface area contributed by atoms with Gasteiger partial charge in [0.2, 0.25) is 0 Å². The number of amides is 1. The van der Waals surface area contributed by atoms with Crippen LogP contribution in [0.3, 0.4) is 0 Å². The Kier molecular flexibility index (Phi) is 5.46. The smallest absolute Gasteiger partial charge is 0.256 e. The van der Waals surface area contributed by atoms with Crippen molar-refractivity contribution in [2.24, 2.45) is 7.05 Å². The Morgan fingerprint density at radius 1 is 1.11 bits per heavy atom. The van der Waals surface area contributed by atoms with E-state index in [4.69, 9.17) is 11.6 Å². The minimum atomic E-state index is -0.214. The first kappa shape index (κ1) is 18.7. The average molecular weight is 395 g/mol. The highest BCUT2D eigenvalue weighted by Gasteiger charge is 2.16. The van der Waals surface area contributed by atoms with Gasteiger partial charge in [0.15, 0.2) is 0 Å². The van der Waals surface area contributed by atoms with Crippen LogP contribution in [-0.2, 0) is 33.1 Å². The lowest BCUT2D eigenvalue weighted by Crippen LogP contribution is -2.30. The summed E-state index contributed by atoms with van der Waals surface area (Å²) in [6.07, 6.45) is 2.59. The van der Waals surface area contributed by atoms with Crippen LogP contribution in [0.5, 0.6) is 0 Å². The van der Waals surface area contributed by atoms with Crippen LogP contribution in [-0.4, -0.2) is 27.1 Å². The number of rotatable bonds is 5. The lowest BCUT2D eigenvalue weighted by Gasteiger charge is -2.28. The molecule has 2 heterocycles. The summed E-state index contributed by atoms with van der Waals surface area (Å²) >= 11 is 6.07. The summed E-state index contributed by atoms with van der Waals surface area (Å²) in [6.45, 7) is 3.48. The van der Waals surface area contributed by atoms with Crippen molar-refractivity contribution in [3.63, 3.8) is 0 Å². The van der Waals surface area contributed by atoms with Gasteiger partial charge in [-0.05, 0) is 28.7 Å². The third-order valence-electron chi connectivity index (χ3n) is 5.20. The zero-order valence-corrected chi connectivity index (χ0v) is 16.6. The maximum Gasteiger partial charge on any atom is 0.256 e. The van der Waals surface area contributed by atoms with Gasteiger partial charge in [-0.25, -0.2) is 0 Å². The number of hydrogen-bond donors (Lipinski definition) is 1. The standard InChI is InChI=1S/C22H23ClN4O/c1-26-21(23)20(13-25-26)22(28)24-12-16-6-8-17(9-7-16)14-27-11-10-18-4-2-3-5-19(18)15-27/h2-9,13H,10-12,14-15H2,1H3,(H,24,28). The average Bonchev–Trinajstić information content (AvgIpc) is 3.06. The number of hydrogen-bond acceptors (Lipinski definition) is 3. The third kappa shape index (κ3) is 4.11. The molecule has 1 aliphatic heterocycles. The van der Waals surface area contributed by atoms with E-state index in [1.165, 1.54) is 27.6 Å². The van der Waals surface area contributed by atoms with Gasteiger partial charge in [0.05, 0.1) is 11.8 Å². The molecule has 144 valence electrons. The molecule has 1 amide bonds. The topological polar surface area (TPSA) is 50.2 Å². The summed E-state index contributed by atoms with van der Waals surface area (Å²) < 4.78 is 1.48. The Morgan fingerprint density at radius 2 is 1.82 bits per heavy atom. The largest absolute Gasteiger partial charge is 0.348 e. The van der Waals surface area contributed by atoms with Crippen molar-refractivity contribution >= 4 is 17.5 Å². The summed E-state index contributed by atoms with van der Waals surface area (Å²) in [6, 6.07) is 17.1. The van der Waals surface area contributed by atoms with Gasteiger partial charge in [0.25, 0.3) is 5.91 Å². The number of halogens is 1. The summed E-state index contributed by atoms with van der Waals surface area (Å²) in [5.41, 5.74) is 5.64. The number of aryl methyl sites for hydroxylation is 1. The SMILES string of the molecule is Cn1ncc(C(=O)NCc2ccc(CN3CCc4ccccc4C3)cc2)c1Cl. The van der Waals surface area contributed by atoms with Crippen molar-refractivity contribution < 1.29 is 4.79 Å². The van der Waals surface area contributed by atoms with Crippen molar-refractivity contribution in [1.29, 1.82) is 0 Å².